The van der Waals surface area contributed by atoms with Crippen molar-refractivity contribution in [3.8, 4) is 0 Å². The Hall–Kier alpha value is -1.62. The topological polar surface area (TPSA) is 46.6 Å². The first-order valence-corrected chi connectivity index (χ1v) is 7.85. The highest BCUT2D eigenvalue weighted by atomic mass is 79.9. The number of benzene rings is 1. The Labute approximate surface area is 131 Å². The number of hydrogen-bond donors (Lipinski definition) is 0. The second-order valence-electron chi connectivity index (χ2n) is 5.34. The molecule has 5 heteroatoms. The highest BCUT2D eigenvalue weighted by molar-refractivity contribution is 9.12. The Balaban J connectivity index is 1.65. The molecule has 0 spiro atoms. The third-order valence-electron chi connectivity index (χ3n) is 4.01. The summed E-state index contributed by atoms with van der Waals surface area (Å²) in [4.78, 5) is 26.2. The molecule has 0 aromatic heterocycles. The molecule has 1 aromatic carbocycles. The maximum absolute atomic E-state index is 12.3. The number of amides is 1. The van der Waals surface area contributed by atoms with Crippen LogP contribution in [0, 0.1) is 0 Å². The van der Waals surface area contributed by atoms with Gasteiger partial charge in [0, 0.05) is 6.04 Å². The Kier molecular flexibility index (Phi) is 4.10. The molecule has 1 aromatic rings. The van der Waals surface area contributed by atoms with Crippen LogP contribution in [0.4, 0.5) is 0 Å². The number of rotatable bonds is 3. The summed E-state index contributed by atoms with van der Waals surface area (Å²) in [5.41, 5.74) is 0.950. The van der Waals surface area contributed by atoms with Gasteiger partial charge in [-0.15, -0.1) is 0 Å². The summed E-state index contributed by atoms with van der Waals surface area (Å²) in [6, 6.07) is 9.24. The van der Waals surface area contributed by atoms with Gasteiger partial charge in [0.05, 0.1) is 4.48 Å². The van der Waals surface area contributed by atoms with Gasteiger partial charge in [0.25, 0.3) is 5.91 Å². The fourth-order valence-corrected chi connectivity index (χ4v) is 3.32. The average Bonchev–Trinajstić information content (AvgIpc) is 2.94. The molecular formula is C16H16BrNO3. The van der Waals surface area contributed by atoms with Crippen LogP contribution >= 0.6 is 15.9 Å². The quantitative estimate of drug-likeness (QED) is 0.788. The predicted octanol–water partition coefficient (Wildman–Crippen LogP) is 2.77. The summed E-state index contributed by atoms with van der Waals surface area (Å²) < 4.78 is 5.92. The minimum absolute atomic E-state index is 0.106. The van der Waals surface area contributed by atoms with Crippen molar-refractivity contribution in [1.82, 2.24) is 4.90 Å². The molecule has 4 nitrogen and oxygen atoms in total. The second-order valence-corrected chi connectivity index (χ2v) is 6.19. The average molecular weight is 350 g/mol. The maximum Gasteiger partial charge on any atom is 0.329 e. The van der Waals surface area contributed by atoms with Gasteiger partial charge in [-0.1, -0.05) is 36.4 Å². The van der Waals surface area contributed by atoms with Crippen molar-refractivity contribution in [2.24, 2.45) is 0 Å². The van der Waals surface area contributed by atoms with E-state index in [1.54, 1.807) is 4.90 Å². The molecule has 0 bridgehead atoms. The predicted molar refractivity (Wildman–Crippen MR) is 81.5 cm³/mol. The number of hydrogen-bond acceptors (Lipinski definition) is 3. The summed E-state index contributed by atoms with van der Waals surface area (Å²) >= 11 is 3.26. The number of nitrogens with zero attached hydrogens (tertiary/aromatic N) is 1. The smallest absolute Gasteiger partial charge is 0.329 e. The van der Waals surface area contributed by atoms with E-state index in [4.69, 9.17) is 4.74 Å². The first kappa shape index (κ1) is 14.3. The van der Waals surface area contributed by atoms with Gasteiger partial charge >= 0.3 is 5.97 Å². The third-order valence-corrected chi connectivity index (χ3v) is 4.67. The molecule has 0 radical (unpaired) electrons. The lowest BCUT2D eigenvalue weighted by Gasteiger charge is -2.31. The second kappa shape index (κ2) is 6.02. The van der Waals surface area contributed by atoms with E-state index >= 15 is 0 Å². The molecule has 2 aliphatic heterocycles. The lowest BCUT2D eigenvalue weighted by Crippen LogP contribution is -2.47. The van der Waals surface area contributed by atoms with E-state index in [1.165, 1.54) is 0 Å². The van der Waals surface area contributed by atoms with E-state index in [1.807, 2.05) is 36.4 Å². The SMILES string of the molecule is O=C(OCc1ccccc1)[C@@H]1CC[C@H]2CC=C(Br)C(=O)N21. The zero-order valence-corrected chi connectivity index (χ0v) is 13.1. The summed E-state index contributed by atoms with van der Waals surface area (Å²) in [5, 5.41) is 0. The van der Waals surface area contributed by atoms with Gasteiger partial charge in [-0.05, 0) is 40.8 Å². The van der Waals surface area contributed by atoms with E-state index in [2.05, 4.69) is 15.9 Å². The summed E-state index contributed by atoms with van der Waals surface area (Å²) in [7, 11) is 0. The van der Waals surface area contributed by atoms with Gasteiger partial charge in [-0.3, -0.25) is 4.79 Å². The van der Waals surface area contributed by atoms with Crippen LogP contribution < -0.4 is 0 Å². The number of ether oxygens (including phenoxy) is 1. The van der Waals surface area contributed by atoms with E-state index < -0.39 is 6.04 Å². The molecular weight excluding hydrogens is 334 g/mol. The van der Waals surface area contributed by atoms with Gasteiger partial charge in [-0.25, -0.2) is 4.79 Å². The highest BCUT2D eigenvalue weighted by Gasteiger charge is 2.43. The molecule has 2 aliphatic rings. The van der Waals surface area contributed by atoms with E-state index in [0.29, 0.717) is 10.9 Å². The van der Waals surface area contributed by atoms with Crippen molar-refractivity contribution in [1.29, 1.82) is 0 Å². The molecule has 1 amide bonds. The Bertz CT molecular complexity index is 584. The van der Waals surface area contributed by atoms with Gasteiger partial charge in [0.2, 0.25) is 0 Å². The minimum atomic E-state index is -0.451. The van der Waals surface area contributed by atoms with Gasteiger partial charge < -0.3 is 9.64 Å². The Morgan fingerprint density at radius 1 is 1.29 bits per heavy atom. The van der Waals surface area contributed by atoms with Crippen molar-refractivity contribution in [3.05, 3.63) is 46.5 Å². The maximum atomic E-state index is 12.3. The minimum Gasteiger partial charge on any atom is -0.459 e. The zero-order chi connectivity index (χ0) is 14.8. The fourth-order valence-electron chi connectivity index (χ4n) is 2.93. The standard InChI is InChI=1S/C16H16BrNO3/c17-13-8-6-12-7-9-14(18(12)15(13)19)16(20)21-10-11-4-2-1-3-5-11/h1-5,8,12,14H,6-7,9-10H2/t12-,14+/m1/s1. The van der Waals surface area contributed by atoms with E-state index in [0.717, 1.165) is 18.4 Å². The molecule has 110 valence electrons. The van der Waals surface area contributed by atoms with Crippen molar-refractivity contribution in [2.45, 2.75) is 38.0 Å². The molecule has 2 heterocycles. The van der Waals surface area contributed by atoms with Crippen LogP contribution in [0.2, 0.25) is 0 Å². The third kappa shape index (κ3) is 2.88. The molecule has 0 saturated carbocycles. The largest absolute Gasteiger partial charge is 0.459 e. The van der Waals surface area contributed by atoms with Crippen LogP contribution in [0.15, 0.2) is 40.9 Å². The van der Waals surface area contributed by atoms with E-state index in [9.17, 15) is 9.59 Å². The summed E-state index contributed by atoms with van der Waals surface area (Å²) in [6.07, 6.45) is 4.22. The number of fused-ring (bicyclic) bond motifs is 1. The van der Waals surface area contributed by atoms with Gasteiger partial charge in [0.1, 0.15) is 12.6 Å². The van der Waals surface area contributed by atoms with Gasteiger partial charge in [-0.2, -0.15) is 0 Å². The van der Waals surface area contributed by atoms with Crippen LogP contribution in [0.5, 0.6) is 0 Å². The number of esters is 1. The van der Waals surface area contributed by atoms with Crippen LogP contribution in [0.1, 0.15) is 24.8 Å². The molecule has 0 aliphatic carbocycles. The normalized spacial score (nSPS) is 24.5. The van der Waals surface area contributed by atoms with Crippen LogP contribution in [-0.4, -0.2) is 28.9 Å². The van der Waals surface area contributed by atoms with Gasteiger partial charge in [0.15, 0.2) is 0 Å². The fraction of sp³-hybridized carbons (Fsp3) is 0.375. The molecule has 0 N–H and O–H groups in total. The lowest BCUT2D eigenvalue weighted by molar-refractivity contribution is -0.154. The first-order chi connectivity index (χ1) is 10.2. The summed E-state index contributed by atoms with van der Waals surface area (Å²) in [5.74, 6) is -0.415. The molecule has 1 fully saturated rings. The zero-order valence-electron chi connectivity index (χ0n) is 11.5. The van der Waals surface area contributed by atoms with Crippen molar-refractivity contribution in [2.75, 3.05) is 0 Å². The molecule has 2 atom stereocenters. The Morgan fingerprint density at radius 3 is 2.81 bits per heavy atom. The summed E-state index contributed by atoms with van der Waals surface area (Å²) in [6.45, 7) is 0.250. The first-order valence-electron chi connectivity index (χ1n) is 7.05. The molecule has 3 rings (SSSR count). The number of carbonyl (C=O) groups excluding carboxylic acids is 2. The number of halogens is 1. The number of carbonyl (C=O) groups is 2. The van der Waals surface area contributed by atoms with Crippen molar-refractivity contribution < 1.29 is 14.3 Å². The van der Waals surface area contributed by atoms with Crippen LogP contribution in [0.25, 0.3) is 0 Å². The van der Waals surface area contributed by atoms with Crippen LogP contribution in [-0.2, 0) is 20.9 Å². The highest BCUT2D eigenvalue weighted by Crippen LogP contribution is 2.34. The molecule has 0 unspecified atom stereocenters. The van der Waals surface area contributed by atoms with Crippen molar-refractivity contribution >= 4 is 27.8 Å². The van der Waals surface area contributed by atoms with Crippen LogP contribution in [0.3, 0.4) is 0 Å². The van der Waals surface area contributed by atoms with Crippen molar-refractivity contribution in [3.63, 3.8) is 0 Å². The molecule has 1 saturated heterocycles. The lowest BCUT2D eigenvalue weighted by atomic mass is 10.1. The molecule has 21 heavy (non-hydrogen) atoms. The monoisotopic (exact) mass is 349 g/mol. The Morgan fingerprint density at radius 2 is 2.05 bits per heavy atom. The van der Waals surface area contributed by atoms with E-state index in [-0.39, 0.29) is 24.5 Å².